The molecular weight excluding hydrogens is 170 g/mol. The van der Waals surface area contributed by atoms with Crippen molar-refractivity contribution in [3.8, 4) is 0 Å². The highest BCUT2D eigenvalue weighted by molar-refractivity contribution is 6.07. The molecule has 1 heteroatoms. The summed E-state index contributed by atoms with van der Waals surface area (Å²) in [6.45, 7) is 0. The lowest BCUT2D eigenvalue weighted by Crippen LogP contribution is -1.84. The smallest absolute Gasteiger partial charge is 0.0623 e. The molecule has 3 aromatic rings. The fourth-order valence-electron chi connectivity index (χ4n) is 2.05. The second kappa shape index (κ2) is 2.61. The standard InChI is InChI=1S/C13H11N/c1-14-12-8-4-2-6-10(12)11-7-3-5-9-13(11)14/h2-9H,1H3/i2D. The zero-order chi connectivity index (χ0) is 10.4. The van der Waals surface area contributed by atoms with Gasteiger partial charge in [-0.25, -0.2) is 0 Å². The van der Waals surface area contributed by atoms with Gasteiger partial charge in [-0.05, 0) is 12.1 Å². The molecule has 68 valence electrons. The molecule has 0 aliphatic rings. The second-order valence-corrected chi connectivity index (χ2v) is 3.52. The normalized spacial score (nSPS) is 12.2. The Balaban J connectivity index is 2.64. The predicted molar refractivity (Wildman–Crippen MR) is 60.4 cm³/mol. The monoisotopic (exact) mass is 182 g/mol. The zero-order valence-corrected chi connectivity index (χ0v) is 7.99. The summed E-state index contributed by atoms with van der Waals surface area (Å²) in [6.07, 6.45) is 0. The Morgan fingerprint density at radius 2 is 1.57 bits per heavy atom. The SMILES string of the molecule is [2H]c1ccc2c(c1)c1ccccc1n2C. The van der Waals surface area contributed by atoms with Crippen LogP contribution >= 0.6 is 0 Å². The van der Waals surface area contributed by atoms with Gasteiger partial charge in [-0.1, -0.05) is 36.4 Å². The van der Waals surface area contributed by atoms with E-state index in [1.54, 1.807) is 0 Å². The highest BCUT2D eigenvalue weighted by Gasteiger charge is 2.04. The third-order valence-corrected chi connectivity index (χ3v) is 2.76. The van der Waals surface area contributed by atoms with Gasteiger partial charge in [0.05, 0.1) is 1.37 Å². The number of hydrogen-bond donors (Lipinski definition) is 0. The molecule has 1 nitrogen and oxygen atoms in total. The minimum atomic E-state index is 0.568. The Labute approximate surface area is 84.0 Å². The predicted octanol–water partition coefficient (Wildman–Crippen LogP) is 3.33. The second-order valence-electron chi connectivity index (χ2n) is 3.52. The number of benzene rings is 2. The topological polar surface area (TPSA) is 4.93 Å². The first-order chi connectivity index (χ1) is 7.27. The molecule has 0 fully saturated rings. The van der Waals surface area contributed by atoms with Gasteiger partial charge in [0, 0.05) is 28.9 Å². The van der Waals surface area contributed by atoms with Gasteiger partial charge < -0.3 is 4.57 Å². The minimum absolute atomic E-state index is 0.568. The molecule has 0 atom stereocenters. The highest BCUT2D eigenvalue weighted by Crippen LogP contribution is 2.26. The molecule has 14 heavy (non-hydrogen) atoms. The van der Waals surface area contributed by atoms with E-state index in [1.165, 1.54) is 21.8 Å². The first-order valence-corrected chi connectivity index (χ1v) is 4.71. The average molecular weight is 182 g/mol. The van der Waals surface area contributed by atoms with Crippen LogP contribution in [0.4, 0.5) is 0 Å². The Morgan fingerprint density at radius 3 is 2.43 bits per heavy atom. The van der Waals surface area contributed by atoms with Gasteiger partial charge in [-0.15, -0.1) is 0 Å². The van der Waals surface area contributed by atoms with Crippen LogP contribution in [0.5, 0.6) is 0 Å². The maximum absolute atomic E-state index is 7.65. The molecular formula is C13H11N. The number of aromatic nitrogens is 1. The summed E-state index contributed by atoms with van der Waals surface area (Å²) in [6, 6.07) is 14.6. The Bertz CT molecular complexity index is 652. The third kappa shape index (κ3) is 0.841. The van der Waals surface area contributed by atoms with Crippen LogP contribution in [0, 0.1) is 0 Å². The van der Waals surface area contributed by atoms with E-state index in [9.17, 15) is 0 Å². The van der Waals surface area contributed by atoms with Crippen molar-refractivity contribution in [3.05, 3.63) is 48.5 Å². The lowest BCUT2D eigenvalue weighted by molar-refractivity contribution is 1.01. The molecule has 1 aromatic heterocycles. The van der Waals surface area contributed by atoms with Crippen molar-refractivity contribution >= 4 is 21.8 Å². The number of hydrogen-bond acceptors (Lipinski definition) is 0. The molecule has 0 unspecified atom stereocenters. The first-order valence-electron chi connectivity index (χ1n) is 5.21. The van der Waals surface area contributed by atoms with Crippen molar-refractivity contribution < 1.29 is 1.37 Å². The summed E-state index contributed by atoms with van der Waals surface area (Å²) in [4.78, 5) is 0. The van der Waals surface area contributed by atoms with E-state index in [2.05, 4.69) is 23.7 Å². The maximum Gasteiger partial charge on any atom is 0.0623 e. The fourth-order valence-corrected chi connectivity index (χ4v) is 2.05. The summed E-state index contributed by atoms with van der Waals surface area (Å²) in [5.74, 6) is 0. The van der Waals surface area contributed by atoms with E-state index in [4.69, 9.17) is 1.37 Å². The number of rotatable bonds is 0. The van der Waals surface area contributed by atoms with E-state index in [1.807, 2.05) is 30.3 Å². The lowest BCUT2D eigenvalue weighted by atomic mass is 10.2. The number of fused-ring (bicyclic) bond motifs is 3. The molecule has 0 saturated carbocycles. The number of nitrogens with zero attached hydrogens (tertiary/aromatic N) is 1. The van der Waals surface area contributed by atoms with Crippen LogP contribution in [0.25, 0.3) is 21.8 Å². The summed E-state index contributed by atoms with van der Waals surface area (Å²) >= 11 is 0. The van der Waals surface area contributed by atoms with Crippen LogP contribution < -0.4 is 0 Å². The average Bonchev–Trinajstić information content (AvgIpc) is 2.54. The Kier molecular flexibility index (Phi) is 1.24. The van der Waals surface area contributed by atoms with Crippen LogP contribution in [0.15, 0.2) is 48.5 Å². The number of aryl methyl sites for hydroxylation is 1. The maximum atomic E-state index is 7.65. The van der Waals surface area contributed by atoms with Gasteiger partial charge >= 0.3 is 0 Å². The first kappa shape index (κ1) is 6.66. The van der Waals surface area contributed by atoms with Crippen molar-refractivity contribution in [1.82, 2.24) is 4.57 Å². The summed E-state index contributed by atoms with van der Waals surface area (Å²) in [5, 5.41) is 2.39. The van der Waals surface area contributed by atoms with Gasteiger partial charge in [0.1, 0.15) is 0 Å². The largest absolute Gasteiger partial charge is 0.344 e. The van der Waals surface area contributed by atoms with Crippen LogP contribution in [0.3, 0.4) is 0 Å². The van der Waals surface area contributed by atoms with Crippen molar-refractivity contribution in [3.63, 3.8) is 0 Å². The molecule has 0 amide bonds. The molecule has 2 aromatic carbocycles. The highest BCUT2D eigenvalue weighted by atomic mass is 14.9. The zero-order valence-electron chi connectivity index (χ0n) is 8.99. The molecule has 0 aliphatic carbocycles. The van der Waals surface area contributed by atoms with E-state index in [0.29, 0.717) is 6.04 Å². The van der Waals surface area contributed by atoms with Crippen LogP contribution in [0.2, 0.25) is 0 Å². The quantitative estimate of drug-likeness (QED) is 0.502. The third-order valence-electron chi connectivity index (χ3n) is 2.76. The lowest BCUT2D eigenvalue weighted by Gasteiger charge is -1.95. The van der Waals surface area contributed by atoms with Gasteiger partial charge in [-0.2, -0.15) is 0 Å². The summed E-state index contributed by atoms with van der Waals surface area (Å²) in [7, 11) is 2.06. The van der Waals surface area contributed by atoms with Crippen molar-refractivity contribution in [2.24, 2.45) is 7.05 Å². The Hall–Kier alpha value is -1.76. The van der Waals surface area contributed by atoms with Gasteiger partial charge in [0.2, 0.25) is 0 Å². The molecule has 0 saturated heterocycles. The molecule has 3 rings (SSSR count). The molecule has 0 aliphatic heterocycles. The fraction of sp³-hybridized carbons (Fsp3) is 0.0769. The molecule has 0 radical (unpaired) electrons. The van der Waals surface area contributed by atoms with Gasteiger partial charge in [0.25, 0.3) is 0 Å². The van der Waals surface area contributed by atoms with Crippen molar-refractivity contribution in [2.45, 2.75) is 0 Å². The van der Waals surface area contributed by atoms with Crippen LogP contribution in [-0.4, -0.2) is 4.57 Å². The van der Waals surface area contributed by atoms with E-state index in [0.717, 1.165) is 0 Å². The number of para-hydroxylation sites is 2. The van der Waals surface area contributed by atoms with Crippen molar-refractivity contribution in [1.29, 1.82) is 0 Å². The minimum Gasteiger partial charge on any atom is -0.344 e. The summed E-state index contributed by atoms with van der Waals surface area (Å²) < 4.78 is 9.82. The van der Waals surface area contributed by atoms with Crippen LogP contribution in [0.1, 0.15) is 1.37 Å². The molecule has 1 heterocycles. The van der Waals surface area contributed by atoms with Crippen molar-refractivity contribution in [2.75, 3.05) is 0 Å². The Morgan fingerprint density at radius 1 is 0.929 bits per heavy atom. The van der Waals surface area contributed by atoms with Gasteiger partial charge in [0.15, 0.2) is 0 Å². The van der Waals surface area contributed by atoms with E-state index < -0.39 is 0 Å². The van der Waals surface area contributed by atoms with E-state index in [-0.39, 0.29) is 0 Å². The molecule has 0 N–H and O–H groups in total. The molecule has 0 bridgehead atoms. The molecule has 0 spiro atoms. The van der Waals surface area contributed by atoms with Crippen LogP contribution in [-0.2, 0) is 7.05 Å². The van der Waals surface area contributed by atoms with E-state index >= 15 is 0 Å². The summed E-state index contributed by atoms with van der Waals surface area (Å²) in [5.41, 5.74) is 2.41. The van der Waals surface area contributed by atoms with Gasteiger partial charge in [-0.3, -0.25) is 0 Å².